The normalized spacial score (nSPS) is 12.1. The number of para-hydroxylation sites is 1. The number of nitrogens with zero attached hydrogens (tertiary/aromatic N) is 1. The van der Waals surface area contributed by atoms with E-state index in [1.54, 1.807) is 18.2 Å². The Labute approximate surface area is 194 Å². The molecule has 0 aromatic heterocycles. The van der Waals surface area contributed by atoms with Gasteiger partial charge in [0.2, 0.25) is 9.84 Å². The number of nitriles is 1. The van der Waals surface area contributed by atoms with Gasteiger partial charge >= 0.3 is 0 Å². The van der Waals surface area contributed by atoms with E-state index in [4.69, 9.17) is 0 Å². The number of hydrogen-bond acceptors (Lipinski definition) is 5. The third-order valence-electron chi connectivity index (χ3n) is 5.22. The second-order valence-electron chi connectivity index (χ2n) is 7.70. The van der Waals surface area contributed by atoms with Gasteiger partial charge in [-0.3, -0.25) is 0 Å². The van der Waals surface area contributed by atoms with Crippen molar-refractivity contribution in [1.29, 1.82) is 5.26 Å². The second-order valence-corrected chi connectivity index (χ2v) is 10.6. The number of anilines is 1. The average Bonchev–Trinajstić information content (AvgIpc) is 2.76. The van der Waals surface area contributed by atoms with Gasteiger partial charge in [0.25, 0.3) is 0 Å². The standard InChI is InChI=1S/C26H26N2O2S2/c1-18-13-14-22(21(4)15-18)17-31-26(28-25-19(2)9-8-10-20(25)3)24(16-27)32(29,30)23-11-6-5-7-12-23/h5-15,28H,17H2,1-4H3. The molecule has 3 aromatic carbocycles. The van der Waals surface area contributed by atoms with Gasteiger partial charge < -0.3 is 5.32 Å². The number of rotatable bonds is 7. The number of hydrogen-bond donors (Lipinski definition) is 1. The highest BCUT2D eigenvalue weighted by atomic mass is 32.2. The summed E-state index contributed by atoms with van der Waals surface area (Å²) in [5.41, 5.74) is 6.16. The summed E-state index contributed by atoms with van der Waals surface area (Å²) in [4.78, 5) is -0.175. The number of benzene rings is 3. The molecule has 0 radical (unpaired) electrons. The molecule has 4 nitrogen and oxygen atoms in total. The number of aryl methyl sites for hydroxylation is 4. The zero-order chi connectivity index (χ0) is 23.3. The van der Waals surface area contributed by atoms with E-state index < -0.39 is 9.84 Å². The van der Waals surface area contributed by atoms with Crippen LogP contribution in [0, 0.1) is 39.0 Å². The third-order valence-corrected chi connectivity index (χ3v) is 8.12. The van der Waals surface area contributed by atoms with Crippen LogP contribution in [0.15, 0.2) is 81.6 Å². The first-order valence-electron chi connectivity index (χ1n) is 10.2. The van der Waals surface area contributed by atoms with E-state index in [1.807, 2.05) is 64.1 Å². The maximum absolute atomic E-state index is 13.4. The molecule has 32 heavy (non-hydrogen) atoms. The Morgan fingerprint density at radius 3 is 2.16 bits per heavy atom. The van der Waals surface area contributed by atoms with Crippen molar-refractivity contribution in [3.8, 4) is 6.07 Å². The maximum Gasteiger partial charge on any atom is 0.219 e. The lowest BCUT2D eigenvalue weighted by Gasteiger charge is -2.18. The first-order valence-corrected chi connectivity index (χ1v) is 12.7. The van der Waals surface area contributed by atoms with Crippen LogP contribution in [0.2, 0.25) is 0 Å². The molecule has 0 aliphatic rings. The lowest BCUT2D eigenvalue weighted by Crippen LogP contribution is -2.11. The van der Waals surface area contributed by atoms with Crippen LogP contribution < -0.4 is 5.32 Å². The molecule has 6 heteroatoms. The Morgan fingerprint density at radius 2 is 1.56 bits per heavy atom. The second kappa shape index (κ2) is 10.1. The summed E-state index contributed by atoms with van der Waals surface area (Å²) in [6, 6.07) is 22.1. The van der Waals surface area contributed by atoms with E-state index in [-0.39, 0.29) is 9.80 Å². The zero-order valence-corrected chi connectivity index (χ0v) is 20.3. The largest absolute Gasteiger partial charge is 0.348 e. The van der Waals surface area contributed by atoms with Crippen LogP contribution >= 0.6 is 11.8 Å². The van der Waals surface area contributed by atoms with Crippen molar-refractivity contribution in [2.24, 2.45) is 0 Å². The highest BCUT2D eigenvalue weighted by Crippen LogP contribution is 2.33. The minimum Gasteiger partial charge on any atom is -0.348 e. The smallest absolute Gasteiger partial charge is 0.219 e. The molecule has 0 spiro atoms. The van der Waals surface area contributed by atoms with Crippen molar-refractivity contribution in [3.05, 3.63) is 104 Å². The average molecular weight is 463 g/mol. The molecule has 3 aromatic rings. The van der Waals surface area contributed by atoms with Gasteiger partial charge in [-0.05, 0) is 62.1 Å². The van der Waals surface area contributed by atoms with Crippen LogP contribution in [0.25, 0.3) is 0 Å². The quantitative estimate of drug-likeness (QED) is 0.410. The molecule has 0 amide bonds. The number of sulfone groups is 1. The van der Waals surface area contributed by atoms with Gasteiger partial charge in [0.05, 0.1) is 4.90 Å². The predicted octanol–water partition coefficient (Wildman–Crippen LogP) is 6.43. The highest BCUT2D eigenvalue weighted by Gasteiger charge is 2.26. The molecule has 164 valence electrons. The van der Waals surface area contributed by atoms with Crippen LogP contribution in [-0.4, -0.2) is 8.42 Å². The summed E-state index contributed by atoms with van der Waals surface area (Å²) >= 11 is 1.33. The van der Waals surface area contributed by atoms with E-state index in [0.717, 1.165) is 27.9 Å². The summed E-state index contributed by atoms with van der Waals surface area (Å²) in [5.74, 6) is 0.537. The minimum atomic E-state index is -3.98. The fourth-order valence-corrected chi connectivity index (χ4v) is 6.04. The number of nitrogens with one attached hydrogen (secondary N) is 1. The van der Waals surface area contributed by atoms with Gasteiger partial charge in [0.1, 0.15) is 11.1 Å². The summed E-state index contributed by atoms with van der Waals surface area (Å²) in [7, 11) is -3.98. The van der Waals surface area contributed by atoms with Gasteiger partial charge in [-0.15, -0.1) is 11.8 Å². The Balaban J connectivity index is 2.10. The van der Waals surface area contributed by atoms with Crippen LogP contribution in [0.3, 0.4) is 0 Å². The van der Waals surface area contributed by atoms with E-state index in [9.17, 15) is 13.7 Å². The SMILES string of the molecule is Cc1ccc(CSC(Nc2c(C)cccc2C)=C(C#N)S(=O)(=O)c2ccccc2)c(C)c1. The van der Waals surface area contributed by atoms with Crippen LogP contribution in [0.5, 0.6) is 0 Å². The molecule has 0 unspecified atom stereocenters. The first-order chi connectivity index (χ1) is 15.2. The monoisotopic (exact) mass is 462 g/mol. The predicted molar refractivity (Wildman–Crippen MR) is 133 cm³/mol. The molecule has 0 saturated carbocycles. The molecule has 0 bridgehead atoms. The molecule has 0 saturated heterocycles. The van der Waals surface area contributed by atoms with E-state index >= 15 is 0 Å². The molecular formula is C26H26N2O2S2. The lowest BCUT2D eigenvalue weighted by atomic mass is 10.1. The van der Waals surface area contributed by atoms with Crippen LogP contribution in [-0.2, 0) is 15.6 Å². The molecule has 0 atom stereocenters. The molecule has 3 rings (SSSR count). The molecule has 0 aliphatic heterocycles. The first kappa shape index (κ1) is 23.6. The fourth-order valence-electron chi connectivity index (χ4n) is 3.39. The van der Waals surface area contributed by atoms with Crippen molar-refractivity contribution in [2.75, 3.05) is 5.32 Å². The summed E-state index contributed by atoms with van der Waals surface area (Å²) in [6.45, 7) is 7.99. The Morgan fingerprint density at radius 1 is 0.906 bits per heavy atom. The lowest BCUT2D eigenvalue weighted by molar-refractivity contribution is 0.603. The molecular weight excluding hydrogens is 436 g/mol. The molecule has 0 aliphatic carbocycles. The Kier molecular flexibility index (Phi) is 7.44. The van der Waals surface area contributed by atoms with Gasteiger partial charge in [0, 0.05) is 11.4 Å². The van der Waals surface area contributed by atoms with Crippen molar-refractivity contribution >= 4 is 27.3 Å². The van der Waals surface area contributed by atoms with Crippen molar-refractivity contribution in [2.45, 2.75) is 38.3 Å². The number of allylic oxidation sites excluding steroid dienone is 1. The van der Waals surface area contributed by atoms with Crippen molar-refractivity contribution in [3.63, 3.8) is 0 Å². The summed E-state index contributed by atoms with van der Waals surface area (Å²) in [6.07, 6.45) is 0. The number of thioether (sulfide) groups is 1. The van der Waals surface area contributed by atoms with E-state index in [0.29, 0.717) is 10.8 Å². The Bertz CT molecular complexity index is 1290. The van der Waals surface area contributed by atoms with Gasteiger partial charge in [-0.2, -0.15) is 5.26 Å². The van der Waals surface area contributed by atoms with Crippen LogP contribution in [0.4, 0.5) is 5.69 Å². The van der Waals surface area contributed by atoms with Gasteiger partial charge in [0.15, 0.2) is 4.91 Å². The Hall–Kier alpha value is -3.01. The summed E-state index contributed by atoms with van der Waals surface area (Å²) in [5, 5.41) is 13.6. The highest BCUT2D eigenvalue weighted by molar-refractivity contribution is 8.04. The topological polar surface area (TPSA) is 70.0 Å². The van der Waals surface area contributed by atoms with Gasteiger partial charge in [-0.1, -0.05) is 60.2 Å². The summed E-state index contributed by atoms with van der Waals surface area (Å²) < 4.78 is 26.7. The molecule has 0 fully saturated rings. The molecule has 0 heterocycles. The van der Waals surface area contributed by atoms with Crippen LogP contribution in [0.1, 0.15) is 27.8 Å². The molecule has 1 N–H and O–H groups in total. The van der Waals surface area contributed by atoms with Gasteiger partial charge in [-0.25, -0.2) is 8.42 Å². The van der Waals surface area contributed by atoms with Crippen molar-refractivity contribution in [1.82, 2.24) is 0 Å². The van der Waals surface area contributed by atoms with Crippen molar-refractivity contribution < 1.29 is 8.42 Å². The van der Waals surface area contributed by atoms with E-state index in [1.165, 1.54) is 29.5 Å². The minimum absolute atomic E-state index is 0.101. The zero-order valence-electron chi connectivity index (χ0n) is 18.6. The van der Waals surface area contributed by atoms with E-state index in [2.05, 4.69) is 11.4 Å². The fraction of sp³-hybridized carbons (Fsp3) is 0.192. The maximum atomic E-state index is 13.4. The third kappa shape index (κ3) is 5.24.